The van der Waals surface area contributed by atoms with Gasteiger partial charge in [0.25, 0.3) is 0 Å². The molecule has 0 aromatic carbocycles. The zero-order valence-electron chi connectivity index (χ0n) is 10.1. The summed E-state index contributed by atoms with van der Waals surface area (Å²) < 4.78 is 1.07. The fourth-order valence-corrected chi connectivity index (χ4v) is 2.51. The first-order valence-electron chi connectivity index (χ1n) is 5.60. The average molecular weight is 303 g/mol. The Morgan fingerprint density at radius 2 is 2.31 bits per heavy atom. The first-order valence-corrected chi connectivity index (χ1v) is 7.55. The molecular weight excluding hydrogens is 284 g/mol. The minimum Gasteiger partial charge on any atom is -0.367 e. The number of rotatable bonds is 6. The standard InChI is InChI=1S/C12H19BrN2S/c1-4-16-8-6-10(3)15-12-11(13)9(2)5-7-14-12/h5,7,10H,4,6,8H2,1-3H3,(H,14,15). The van der Waals surface area contributed by atoms with Crippen LogP contribution in [0.2, 0.25) is 0 Å². The van der Waals surface area contributed by atoms with Crippen LogP contribution in [0.15, 0.2) is 16.7 Å². The Kier molecular flexibility index (Phi) is 6.21. The predicted molar refractivity (Wildman–Crippen MR) is 77.4 cm³/mol. The number of anilines is 1. The summed E-state index contributed by atoms with van der Waals surface area (Å²) in [6, 6.07) is 2.47. The lowest BCUT2D eigenvalue weighted by Gasteiger charge is -2.15. The molecule has 0 radical (unpaired) electrons. The SMILES string of the molecule is CCSCCC(C)Nc1nccc(C)c1Br. The van der Waals surface area contributed by atoms with E-state index in [1.165, 1.54) is 23.5 Å². The number of hydrogen-bond acceptors (Lipinski definition) is 3. The van der Waals surface area contributed by atoms with E-state index in [9.17, 15) is 0 Å². The Morgan fingerprint density at radius 1 is 1.56 bits per heavy atom. The summed E-state index contributed by atoms with van der Waals surface area (Å²) in [5, 5.41) is 3.44. The quantitative estimate of drug-likeness (QED) is 0.801. The van der Waals surface area contributed by atoms with E-state index in [-0.39, 0.29) is 0 Å². The highest BCUT2D eigenvalue weighted by molar-refractivity contribution is 9.10. The van der Waals surface area contributed by atoms with Gasteiger partial charge in [-0.05, 0) is 59.3 Å². The van der Waals surface area contributed by atoms with Gasteiger partial charge in [0.05, 0.1) is 4.47 Å². The van der Waals surface area contributed by atoms with Crippen LogP contribution < -0.4 is 5.32 Å². The molecular formula is C12H19BrN2S. The molecule has 90 valence electrons. The first-order chi connectivity index (χ1) is 7.65. The second kappa shape index (κ2) is 7.17. The van der Waals surface area contributed by atoms with Gasteiger partial charge in [-0.1, -0.05) is 6.92 Å². The third kappa shape index (κ3) is 4.34. The fourth-order valence-electron chi connectivity index (χ4n) is 1.35. The van der Waals surface area contributed by atoms with Crippen LogP contribution in [0.4, 0.5) is 5.82 Å². The molecule has 1 aromatic heterocycles. The van der Waals surface area contributed by atoms with Gasteiger partial charge in [-0.2, -0.15) is 11.8 Å². The molecule has 1 N–H and O–H groups in total. The van der Waals surface area contributed by atoms with Gasteiger partial charge in [0.2, 0.25) is 0 Å². The second-order valence-corrected chi connectivity index (χ2v) is 6.01. The van der Waals surface area contributed by atoms with Crippen LogP contribution in [0, 0.1) is 6.92 Å². The maximum atomic E-state index is 4.34. The highest BCUT2D eigenvalue weighted by Gasteiger charge is 2.07. The van der Waals surface area contributed by atoms with Crippen LogP contribution in [-0.4, -0.2) is 22.5 Å². The molecule has 0 aliphatic carbocycles. The van der Waals surface area contributed by atoms with E-state index in [4.69, 9.17) is 0 Å². The van der Waals surface area contributed by atoms with Crippen LogP contribution in [0.1, 0.15) is 25.8 Å². The van der Waals surface area contributed by atoms with E-state index < -0.39 is 0 Å². The molecule has 0 aliphatic rings. The van der Waals surface area contributed by atoms with Crippen molar-refractivity contribution in [3.63, 3.8) is 0 Å². The number of hydrogen-bond donors (Lipinski definition) is 1. The molecule has 0 bridgehead atoms. The lowest BCUT2D eigenvalue weighted by molar-refractivity contribution is 0.765. The van der Waals surface area contributed by atoms with Crippen LogP contribution in [-0.2, 0) is 0 Å². The fraction of sp³-hybridized carbons (Fsp3) is 0.583. The summed E-state index contributed by atoms with van der Waals surface area (Å²) in [7, 11) is 0. The van der Waals surface area contributed by atoms with Crippen molar-refractivity contribution >= 4 is 33.5 Å². The normalized spacial score (nSPS) is 12.5. The minimum absolute atomic E-state index is 0.463. The number of nitrogens with one attached hydrogen (secondary N) is 1. The van der Waals surface area contributed by atoms with Gasteiger partial charge in [0.1, 0.15) is 5.82 Å². The van der Waals surface area contributed by atoms with Crippen molar-refractivity contribution in [3.05, 3.63) is 22.3 Å². The number of pyridine rings is 1. The largest absolute Gasteiger partial charge is 0.367 e. The van der Waals surface area contributed by atoms with Crippen LogP contribution in [0.5, 0.6) is 0 Å². The highest BCUT2D eigenvalue weighted by atomic mass is 79.9. The molecule has 0 amide bonds. The summed E-state index contributed by atoms with van der Waals surface area (Å²) in [6.07, 6.45) is 3.01. The number of aryl methyl sites for hydroxylation is 1. The van der Waals surface area contributed by atoms with E-state index in [2.05, 4.69) is 47.0 Å². The second-order valence-electron chi connectivity index (χ2n) is 3.82. The van der Waals surface area contributed by atoms with Crippen molar-refractivity contribution in [3.8, 4) is 0 Å². The Hall–Kier alpha value is -0.220. The predicted octanol–water partition coefficient (Wildman–Crippen LogP) is 4.10. The molecule has 16 heavy (non-hydrogen) atoms. The van der Waals surface area contributed by atoms with Gasteiger partial charge >= 0.3 is 0 Å². The van der Waals surface area contributed by atoms with Gasteiger partial charge in [-0.15, -0.1) is 0 Å². The number of halogens is 1. The molecule has 1 heterocycles. The lowest BCUT2D eigenvalue weighted by atomic mass is 10.2. The Morgan fingerprint density at radius 3 is 3.00 bits per heavy atom. The number of aromatic nitrogens is 1. The molecule has 0 aliphatic heterocycles. The zero-order valence-corrected chi connectivity index (χ0v) is 12.5. The molecule has 1 unspecified atom stereocenters. The van der Waals surface area contributed by atoms with Gasteiger partial charge in [-0.25, -0.2) is 4.98 Å². The molecule has 1 atom stereocenters. The summed E-state index contributed by atoms with van der Waals surface area (Å²) in [6.45, 7) is 6.47. The first kappa shape index (κ1) is 13.8. The number of thioether (sulfide) groups is 1. The lowest BCUT2D eigenvalue weighted by Crippen LogP contribution is -2.17. The third-order valence-corrected chi connectivity index (χ3v) is 4.30. The third-order valence-electron chi connectivity index (χ3n) is 2.36. The summed E-state index contributed by atoms with van der Waals surface area (Å²) in [4.78, 5) is 4.34. The van der Waals surface area contributed by atoms with Gasteiger partial charge < -0.3 is 5.32 Å². The van der Waals surface area contributed by atoms with Gasteiger partial charge in [-0.3, -0.25) is 0 Å². The summed E-state index contributed by atoms with van der Waals surface area (Å²) in [5.41, 5.74) is 1.22. The maximum absolute atomic E-state index is 4.34. The van der Waals surface area contributed by atoms with Crippen LogP contribution >= 0.6 is 27.7 Å². The molecule has 0 saturated heterocycles. The Bertz CT molecular complexity index is 331. The summed E-state index contributed by atoms with van der Waals surface area (Å²) >= 11 is 5.54. The number of nitrogens with zero attached hydrogens (tertiary/aromatic N) is 1. The molecule has 0 fully saturated rings. The van der Waals surface area contributed by atoms with E-state index in [1.807, 2.05) is 24.0 Å². The zero-order chi connectivity index (χ0) is 12.0. The molecule has 0 saturated carbocycles. The van der Waals surface area contributed by atoms with Crippen molar-refractivity contribution in [1.82, 2.24) is 4.98 Å². The van der Waals surface area contributed by atoms with Gasteiger partial charge in [0, 0.05) is 12.2 Å². The summed E-state index contributed by atoms with van der Waals surface area (Å²) in [5.74, 6) is 3.35. The monoisotopic (exact) mass is 302 g/mol. The Labute approximate surface area is 111 Å². The van der Waals surface area contributed by atoms with E-state index in [0.29, 0.717) is 6.04 Å². The average Bonchev–Trinajstić information content (AvgIpc) is 2.25. The smallest absolute Gasteiger partial charge is 0.140 e. The van der Waals surface area contributed by atoms with Crippen molar-refractivity contribution in [2.24, 2.45) is 0 Å². The topological polar surface area (TPSA) is 24.9 Å². The van der Waals surface area contributed by atoms with Crippen molar-refractivity contribution in [2.45, 2.75) is 33.2 Å². The highest BCUT2D eigenvalue weighted by Crippen LogP contribution is 2.24. The van der Waals surface area contributed by atoms with E-state index >= 15 is 0 Å². The van der Waals surface area contributed by atoms with Crippen molar-refractivity contribution < 1.29 is 0 Å². The molecule has 4 heteroatoms. The van der Waals surface area contributed by atoms with Crippen LogP contribution in [0.3, 0.4) is 0 Å². The molecule has 1 aromatic rings. The van der Waals surface area contributed by atoms with E-state index in [1.54, 1.807) is 0 Å². The van der Waals surface area contributed by atoms with Crippen molar-refractivity contribution in [1.29, 1.82) is 0 Å². The van der Waals surface area contributed by atoms with Crippen molar-refractivity contribution in [2.75, 3.05) is 16.8 Å². The molecule has 0 spiro atoms. The Balaban J connectivity index is 2.49. The molecule has 1 rings (SSSR count). The molecule has 2 nitrogen and oxygen atoms in total. The van der Waals surface area contributed by atoms with Crippen LogP contribution in [0.25, 0.3) is 0 Å². The maximum Gasteiger partial charge on any atom is 0.140 e. The van der Waals surface area contributed by atoms with Gasteiger partial charge in [0.15, 0.2) is 0 Å². The van der Waals surface area contributed by atoms with E-state index in [0.717, 1.165) is 10.3 Å². The minimum atomic E-state index is 0.463.